The third-order valence-corrected chi connectivity index (χ3v) is 5.46. The van der Waals surface area contributed by atoms with Crippen molar-refractivity contribution in [2.45, 2.75) is 86.2 Å². The summed E-state index contributed by atoms with van der Waals surface area (Å²) in [4.78, 5) is 0. The van der Waals surface area contributed by atoms with Crippen LogP contribution in [-0.4, -0.2) is 13.4 Å². The largest absolute Gasteiger partial charge is 0.355 e. The first-order chi connectivity index (χ1) is 13.0. The molecular weight excluding hydrogens is 332 g/mol. The highest BCUT2D eigenvalue weighted by molar-refractivity contribution is 5.13. The summed E-state index contributed by atoms with van der Waals surface area (Å²) in [5.74, 6) is 3.36. The van der Waals surface area contributed by atoms with E-state index in [1.165, 1.54) is 44.1 Å². The van der Waals surface area contributed by atoms with Crippen molar-refractivity contribution in [3.05, 3.63) is 35.9 Å². The highest BCUT2D eigenvalue weighted by Crippen LogP contribution is 2.26. The molecule has 0 aromatic heterocycles. The second-order valence-corrected chi connectivity index (χ2v) is 8.92. The van der Waals surface area contributed by atoms with Gasteiger partial charge in [-0.15, -0.1) is 0 Å². The highest BCUT2D eigenvalue weighted by atomic mass is 16.7. The molecule has 0 bridgehead atoms. The van der Waals surface area contributed by atoms with Gasteiger partial charge >= 0.3 is 0 Å². The monoisotopic (exact) mass is 376 g/mol. The van der Waals surface area contributed by atoms with Crippen molar-refractivity contribution in [2.24, 2.45) is 23.7 Å². The molecule has 0 aliphatic heterocycles. The number of benzene rings is 1. The molecule has 2 heteroatoms. The van der Waals surface area contributed by atoms with Crippen molar-refractivity contribution >= 4 is 0 Å². The van der Waals surface area contributed by atoms with Gasteiger partial charge in [-0.1, -0.05) is 77.8 Å². The first kappa shape index (κ1) is 24.2. The lowest BCUT2D eigenvalue weighted by Crippen LogP contribution is -2.11. The summed E-state index contributed by atoms with van der Waals surface area (Å²) in [6.07, 6.45) is 9.20. The van der Waals surface area contributed by atoms with Gasteiger partial charge in [0.05, 0.1) is 6.61 Å². The van der Waals surface area contributed by atoms with Crippen molar-refractivity contribution in [3.8, 4) is 0 Å². The second kappa shape index (κ2) is 15.1. The van der Waals surface area contributed by atoms with Crippen LogP contribution in [0.1, 0.15) is 85.1 Å². The van der Waals surface area contributed by atoms with Gasteiger partial charge in [0.25, 0.3) is 0 Å². The van der Waals surface area contributed by atoms with Crippen LogP contribution in [0.5, 0.6) is 0 Å². The van der Waals surface area contributed by atoms with Crippen LogP contribution >= 0.6 is 0 Å². The van der Waals surface area contributed by atoms with E-state index in [4.69, 9.17) is 9.47 Å². The Labute approximate surface area is 169 Å². The zero-order valence-electron chi connectivity index (χ0n) is 18.6. The lowest BCUT2D eigenvalue weighted by Gasteiger charge is -2.22. The van der Waals surface area contributed by atoms with Crippen LogP contribution in [0, 0.1) is 23.7 Å². The maximum Gasteiger partial charge on any atom is 0.147 e. The Balaban J connectivity index is 2.00. The van der Waals surface area contributed by atoms with Crippen molar-refractivity contribution in [1.29, 1.82) is 0 Å². The van der Waals surface area contributed by atoms with Crippen LogP contribution in [0.2, 0.25) is 0 Å². The summed E-state index contributed by atoms with van der Waals surface area (Å²) >= 11 is 0. The lowest BCUT2D eigenvalue weighted by molar-refractivity contribution is -0.0628. The van der Waals surface area contributed by atoms with Crippen LogP contribution in [0.3, 0.4) is 0 Å². The van der Waals surface area contributed by atoms with Crippen molar-refractivity contribution in [1.82, 2.24) is 0 Å². The van der Waals surface area contributed by atoms with Gasteiger partial charge in [-0.25, -0.2) is 0 Å². The molecule has 0 fully saturated rings. The average molecular weight is 377 g/mol. The molecule has 0 saturated heterocycles. The Morgan fingerprint density at radius 1 is 0.741 bits per heavy atom. The van der Waals surface area contributed by atoms with Crippen LogP contribution in [0.15, 0.2) is 30.3 Å². The van der Waals surface area contributed by atoms with E-state index in [9.17, 15) is 0 Å². The fraction of sp³-hybridized carbons (Fsp3) is 0.760. The molecule has 1 aromatic rings. The molecule has 0 radical (unpaired) electrons. The summed E-state index contributed by atoms with van der Waals surface area (Å²) in [6, 6.07) is 10.3. The predicted octanol–water partition coefficient (Wildman–Crippen LogP) is 7.47. The fourth-order valence-corrected chi connectivity index (χ4v) is 4.37. The van der Waals surface area contributed by atoms with E-state index in [1.807, 2.05) is 18.2 Å². The molecule has 0 saturated carbocycles. The Kier molecular flexibility index (Phi) is 13.5. The topological polar surface area (TPSA) is 18.5 Å². The van der Waals surface area contributed by atoms with Crippen LogP contribution < -0.4 is 0 Å². The molecule has 27 heavy (non-hydrogen) atoms. The second-order valence-electron chi connectivity index (χ2n) is 8.92. The van der Waals surface area contributed by atoms with E-state index in [-0.39, 0.29) is 0 Å². The Morgan fingerprint density at radius 2 is 1.33 bits per heavy atom. The van der Waals surface area contributed by atoms with E-state index in [0.717, 1.165) is 36.7 Å². The predicted molar refractivity (Wildman–Crippen MR) is 117 cm³/mol. The van der Waals surface area contributed by atoms with E-state index < -0.39 is 0 Å². The molecule has 156 valence electrons. The van der Waals surface area contributed by atoms with Gasteiger partial charge in [-0.05, 0) is 61.3 Å². The molecule has 4 atom stereocenters. The lowest BCUT2D eigenvalue weighted by atomic mass is 9.84. The summed E-state index contributed by atoms with van der Waals surface area (Å²) < 4.78 is 11.2. The third kappa shape index (κ3) is 13.0. The first-order valence-corrected chi connectivity index (χ1v) is 11.2. The Bertz CT molecular complexity index is 445. The molecular formula is C25H44O2. The van der Waals surface area contributed by atoms with E-state index in [0.29, 0.717) is 13.4 Å². The zero-order valence-corrected chi connectivity index (χ0v) is 18.6. The van der Waals surface area contributed by atoms with Gasteiger partial charge in [0.2, 0.25) is 0 Å². The number of ether oxygens (including phenoxy) is 2. The molecule has 0 amide bonds. The quantitative estimate of drug-likeness (QED) is 0.220. The van der Waals surface area contributed by atoms with E-state index in [2.05, 4.69) is 46.8 Å². The number of rotatable bonds is 16. The Morgan fingerprint density at radius 3 is 1.96 bits per heavy atom. The minimum atomic E-state index is 0.396. The summed E-state index contributed by atoms with van der Waals surface area (Å²) in [5.41, 5.74) is 1.20. The summed E-state index contributed by atoms with van der Waals surface area (Å²) in [7, 11) is 0. The van der Waals surface area contributed by atoms with Gasteiger partial charge in [0.15, 0.2) is 0 Å². The molecule has 2 nitrogen and oxygen atoms in total. The minimum absolute atomic E-state index is 0.396. The molecule has 1 aromatic carbocycles. The SMILES string of the molecule is CCCC(C)CC(C)CC(C)CC(C)CCCOCOCc1ccccc1. The van der Waals surface area contributed by atoms with Gasteiger partial charge in [-0.3, -0.25) is 0 Å². The third-order valence-electron chi connectivity index (χ3n) is 5.46. The number of hydrogen-bond donors (Lipinski definition) is 0. The van der Waals surface area contributed by atoms with Crippen molar-refractivity contribution < 1.29 is 9.47 Å². The first-order valence-electron chi connectivity index (χ1n) is 11.2. The van der Waals surface area contributed by atoms with Crippen molar-refractivity contribution in [2.75, 3.05) is 13.4 Å². The standard InChI is InChI=1S/C25H44O2/c1-6-11-21(2)16-23(4)18-24(5)17-22(3)12-10-15-26-20-27-19-25-13-8-7-9-14-25/h7-9,13-14,21-24H,6,10-12,15-20H2,1-5H3. The molecule has 0 heterocycles. The van der Waals surface area contributed by atoms with Gasteiger partial charge in [-0.2, -0.15) is 0 Å². The summed E-state index contributed by atoms with van der Waals surface area (Å²) in [5, 5.41) is 0. The van der Waals surface area contributed by atoms with Crippen LogP contribution in [-0.2, 0) is 16.1 Å². The van der Waals surface area contributed by atoms with Crippen LogP contribution in [0.25, 0.3) is 0 Å². The van der Waals surface area contributed by atoms with E-state index >= 15 is 0 Å². The molecule has 0 N–H and O–H groups in total. The van der Waals surface area contributed by atoms with Gasteiger partial charge in [0, 0.05) is 6.61 Å². The fourth-order valence-electron chi connectivity index (χ4n) is 4.37. The zero-order chi connectivity index (χ0) is 19.9. The van der Waals surface area contributed by atoms with Crippen molar-refractivity contribution in [3.63, 3.8) is 0 Å². The average Bonchev–Trinajstić information content (AvgIpc) is 2.61. The summed E-state index contributed by atoms with van der Waals surface area (Å²) in [6.45, 7) is 13.8. The molecule has 0 aliphatic carbocycles. The van der Waals surface area contributed by atoms with E-state index in [1.54, 1.807) is 0 Å². The maximum absolute atomic E-state index is 5.62. The maximum atomic E-state index is 5.62. The Hall–Kier alpha value is -0.860. The molecule has 4 unspecified atom stereocenters. The molecule has 0 spiro atoms. The van der Waals surface area contributed by atoms with Gasteiger partial charge < -0.3 is 9.47 Å². The normalized spacial score (nSPS) is 16.0. The molecule has 1 rings (SSSR count). The van der Waals surface area contributed by atoms with Gasteiger partial charge in [0.1, 0.15) is 6.79 Å². The smallest absolute Gasteiger partial charge is 0.147 e. The van der Waals surface area contributed by atoms with Crippen LogP contribution in [0.4, 0.5) is 0 Å². The molecule has 0 aliphatic rings. The minimum Gasteiger partial charge on any atom is -0.355 e. The highest BCUT2D eigenvalue weighted by Gasteiger charge is 2.14. The number of hydrogen-bond acceptors (Lipinski definition) is 2.